The molecule has 0 aliphatic rings. The number of nitrogens with zero attached hydrogens (tertiary/aromatic N) is 8. The fourth-order valence-electron chi connectivity index (χ4n) is 3.29. The lowest BCUT2D eigenvalue weighted by atomic mass is 10.2. The normalized spacial score (nSPS) is 11.8. The lowest BCUT2D eigenvalue weighted by molar-refractivity contribution is 0.780. The van der Waals surface area contributed by atoms with Gasteiger partial charge in [-0.05, 0) is 31.5 Å². The lowest BCUT2D eigenvalue weighted by Gasteiger charge is -2.00. The SMILES string of the molecule is CCc1ncc(C)n2nc(CCc3nc4c5cccnc5ccn4n3)nc12. The van der Waals surface area contributed by atoms with Crippen molar-refractivity contribution in [1.82, 2.24) is 39.2 Å². The molecule has 27 heavy (non-hydrogen) atoms. The molecular weight excluding hydrogens is 340 g/mol. The maximum Gasteiger partial charge on any atom is 0.177 e. The Hall–Kier alpha value is -3.42. The zero-order valence-corrected chi connectivity index (χ0v) is 15.2. The topological polar surface area (TPSA) is 86.2 Å². The second-order valence-electron chi connectivity index (χ2n) is 6.51. The van der Waals surface area contributed by atoms with Gasteiger partial charge in [0.25, 0.3) is 0 Å². The molecular formula is C19H18N8. The Kier molecular flexibility index (Phi) is 3.56. The van der Waals surface area contributed by atoms with Crippen LogP contribution in [-0.2, 0) is 19.3 Å². The third kappa shape index (κ3) is 2.61. The monoisotopic (exact) mass is 358 g/mol. The van der Waals surface area contributed by atoms with Gasteiger partial charge in [-0.3, -0.25) is 9.97 Å². The Morgan fingerprint density at radius 3 is 2.63 bits per heavy atom. The van der Waals surface area contributed by atoms with E-state index in [0.717, 1.165) is 51.7 Å². The minimum absolute atomic E-state index is 0.675. The Balaban J connectivity index is 1.47. The summed E-state index contributed by atoms with van der Waals surface area (Å²) in [4.78, 5) is 18.2. The summed E-state index contributed by atoms with van der Waals surface area (Å²) in [5.74, 6) is 1.56. The van der Waals surface area contributed by atoms with E-state index in [-0.39, 0.29) is 0 Å². The van der Waals surface area contributed by atoms with E-state index in [1.54, 1.807) is 10.7 Å². The molecule has 0 saturated carbocycles. The van der Waals surface area contributed by atoms with Crippen molar-refractivity contribution in [3.63, 3.8) is 0 Å². The van der Waals surface area contributed by atoms with Gasteiger partial charge in [-0.2, -0.15) is 10.2 Å². The largest absolute Gasteiger partial charge is 0.256 e. The summed E-state index contributed by atoms with van der Waals surface area (Å²) in [6.07, 6.45) is 7.70. The van der Waals surface area contributed by atoms with Crippen molar-refractivity contribution < 1.29 is 0 Å². The zero-order valence-electron chi connectivity index (χ0n) is 15.2. The van der Waals surface area contributed by atoms with Crippen LogP contribution >= 0.6 is 0 Å². The van der Waals surface area contributed by atoms with Crippen LogP contribution in [0.2, 0.25) is 0 Å². The molecule has 5 rings (SSSR count). The van der Waals surface area contributed by atoms with Gasteiger partial charge < -0.3 is 0 Å². The summed E-state index contributed by atoms with van der Waals surface area (Å²) in [6.45, 7) is 4.06. The smallest absolute Gasteiger partial charge is 0.177 e. The molecule has 0 aliphatic carbocycles. The summed E-state index contributed by atoms with van der Waals surface area (Å²) in [7, 11) is 0. The van der Waals surface area contributed by atoms with Gasteiger partial charge in [0.2, 0.25) is 0 Å². The van der Waals surface area contributed by atoms with Crippen molar-refractivity contribution in [2.75, 3.05) is 0 Å². The molecule has 8 nitrogen and oxygen atoms in total. The van der Waals surface area contributed by atoms with Crippen LogP contribution in [0, 0.1) is 6.92 Å². The van der Waals surface area contributed by atoms with Gasteiger partial charge in [0.15, 0.2) is 22.9 Å². The van der Waals surface area contributed by atoms with Crippen molar-refractivity contribution in [1.29, 1.82) is 0 Å². The highest BCUT2D eigenvalue weighted by atomic mass is 15.3. The van der Waals surface area contributed by atoms with Crippen LogP contribution in [-0.4, -0.2) is 39.2 Å². The van der Waals surface area contributed by atoms with E-state index >= 15 is 0 Å². The van der Waals surface area contributed by atoms with E-state index in [2.05, 4.69) is 32.1 Å². The summed E-state index contributed by atoms with van der Waals surface area (Å²) >= 11 is 0. The molecule has 0 spiro atoms. The van der Waals surface area contributed by atoms with Gasteiger partial charge in [-0.25, -0.2) is 19.0 Å². The van der Waals surface area contributed by atoms with Crippen molar-refractivity contribution in [3.8, 4) is 0 Å². The van der Waals surface area contributed by atoms with Crippen molar-refractivity contribution >= 4 is 22.2 Å². The fraction of sp³-hybridized carbons (Fsp3) is 0.263. The van der Waals surface area contributed by atoms with Crippen LogP contribution < -0.4 is 0 Å². The molecule has 0 unspecified atom stereocenters. The van der Waals surface area contributed by atoms with E-state index in [4.69, 9.17) is 4.98 Å². The molecule has 5 heterocycles. The van der Waals surface area contributed by atoms with E-state index < -0.39 is 0 Å². The minimum atomic E-state index is 0.675. The Bertz CT molecular complexity index is 1280. The molecule has 5 aromatic rings. The van der Waals surface area contributed by atoms with Crippen molar-refractivity contribution in [2.24, 2.45) is 0 Å². The molecule has 0 radical (unpaired) electrons. The molecule has 0 amide bonds. The quantitative estimate of drug-likeness (QED) is 0.490. The maximum absolute atomic E-state index is 4.70. The number of hydrogen-bond donors (Lipinski definition) is 0. The number of fused-ring (bicyclic) bond motifs is 4. The highest BCUT2D eigenvalue weighted by Gasteiger charge is 2.12. The third-order valence-corrected chi connectivity index (χ3v) is 4.69. The predicted molar refractivity (Wildman–Crippen MR) is 101 cm³/mol. The van der Waals surface area contributed by atoms with Crippen LogP contribution in [0.15, 0.2) is 36.8 Å². The standard InChI is InChI=1S/C19H18N8/c1-3-14-19-23-17(25-27(19)12(2)11-21-14)7-6-16-22-18-13-5-4-9-20-15(13)8-10-26(18)24-16/h4-5,8-11H,3,6-7H2,1-2H3. The number of pyridine rings is 2. The summed E-state index contributed by atoms with van der Waals surface area (Å²) in [6, 6.07) is 5.88. The third-order valence-electron chi connectivity index (χ3n) is 4.69. The fourth-order valence-corrected chi connectivity index (χ4v) is 3.29. The highest BCUT2D eigenvalue weighted by Crippen LogP contribution is 2.17. The van der Waals surface area contributed by atoms with Gasteiger partial charge in [0.05, 0.1) is 16.9 Å². The second-order valence-corrected chi connectivity index (χ2v) is 6.51. The van der Waals surface area contributed by atoms with Crippen LogP contribution in [0.4, 0.5) is 0 Å². The van der Waals surface area contributed by atoms with Gasteiger partial charge in [-0.1, -0.05) is 6.92 Å². The highest BCUT2D eigenvalue weighted by molar-refractivity contribution is 5.90. The first kappa shape index (κ1) is 15.8. The predicted octanol–water partition coefficient (Wildman–Crippen LogP) is 2.37. The van der Waals surface area contributed by atoms with Gasteiger partial charge in [-0.15, -0.1) is 0 Å². The van der Waals surface area contributed by atoms with Crippen LogP contribution in [0.5, 0.6) is 0 Å². The Morgan fingerprint density at radius 2 is 1.78 bits per heavy atom. The lowest BCUT2D eigenvalue weighted by Crippen LogP contribution is -2.00. The van der Waals surface area contributed by atoms with Gasteiger partial charge >= 0.3 is 0 Å². The zero-order chi connectivity index (χ0) is 18.4. The van der Waals surface area contributed by atoms with E-state index in [0.29, 0.717) is 12.8 Å². The molecule has 8 heteroatoms. The molecule has 0 atom stereocenters. The number of rotatable bonds is 4. The number of aromatic nitrogens is 8. The molecule has 0 N–H and O–H groups in total. The van der Waals surface area contributed by atoms with Gasteiger partial charge in [0, 0.05) is 36.8 Å². The van der Waals surface area contributed by atoms with Crippen LogP contribution in [0.25, 0.3) is 22.2 Å². The summed E-state index contributed by atoms with van der Waals surface area (Å²) in [5.41, 5.74) is 4.52. The molecule has 0 aliphatic heterocycles. The average molecular weight is 358 g/mol. The molecule has 134 valence electrons. The molecule has 0 aromatic carbocycles. The van der Waals surface area contributed by atoms with Gasteiger partial charge in [0.1, 0.15) is 0 Å². The maximum atomic E-state index is 4.70. The molecule has 0 bridgehead atoms. The first-order valence-electron chi connectivity index (χ1n) is 9.02. The number of hydrogen-bond acceptors (Lipinski definition) is 6. The Labute approximate surface area is 154 Å². The number of aryl methyl sites for hydroxylation is 4. The van der Waals surface area contributed by atoms with Crippen molar-refractivity contribution in [2.45, 2.75) is 33.1 Å². The first-order chi connectivity index (χ1) is 13.2. The first-order valence-corrected chi connectivity index (χ1v) is 9.02. The second kappa shape index (κ2) is 6.08. The van der Waals surface area contributed by atoms with Crippen LogP contribution in [0.3, 0.4) is 0 Å². The van der Waals surface area contributed by atoms with E-state index in [1.165, 1.54) is 0 Å². The molecule has 0 fully saturated rings. The Morgan fingerprint density at radius 1 is 0.963 bits per heavy atom. The average Bonchev–Trinajstić information content (AvgIpc) is 3.31. The minimum Gasteiger partial charge on any atom is -0.256 e. The van der Waals surface area contributed by atoms with E-state index in [9.17, 15) is 0 Å². The van der Waals surface area contributed by atoms with Crippen LogP contribution in [0.1, 0.15) is 30.0 Å². The van der Waals surface area contributed by atoms with E-state index in [1.807, 2.05) is 42.0 Å². The molecule has 0 saturated heterocycles. The van der Waals surface area contributed by atoms with Crippen molar-refractivity contribution in [3.05, 3.63) is 59.8 Å². The summed E-state index contributed by atoms with van der Waals surface area (Å²) in [5, 5.41) is 10.2. The molecule has 5 aromatic heterocycles. The summed E-state index contributed by atoms with van der Waals surface area (Å²) < 4.78 is 3.68.